The van der Waals surface area contributed by atoms with E-state index >= 15 is 0 Å². The molecule has 0 radical (unpaired) electrons. The molecule has 1 heterocycles. The van der Waals surface area contributed by atoms with E-state index in [-0.39, 0.29) is 23.6 Å². The molecule has 0 unspecified atom stereocenters. The number of rotatable bonds is 10. The van der Waals surface area contributed by atoms with E-state index in [0.29, 0.717) is 18.8 Å². The van der Waals surface area contributed by atoms with Gasteiger partial charge in [-0.3, -0.25) is 9.59 Å². The Kier molecular flexibility index (Phi) is 9.27. The molecule has 1 atom stereocenters. The molecule has 0 saturated carbocycles. The fourth-order valence-electron chi connectivity index (χ4n) is 2.67. The first-order valence-corrected chi connectivity index (χ1v) is 11.9. The highest BCUT2D eigenvalue weighted by molar-refractivity contribution is 8.03. The Balaban J connectivity index is 1.78. The Bertz CT molecular complexity index is 793. The number of amides is 2. The Morgan fingerprint density at radius 3 is 2.32 bits per heavy atom. The van der Waals surface area contributed by atoms with Gasteiger partial charge in [0.15, 0.2) is 8.68 Å². The highest BCUT2D eigenvalue weighted by Crippen LogP contribution is 2.29. The summed E-state index contributed by atoms with van der Waals surface area (Å²) in [6, 6.07) is 8.00. The molecule has 6 nitrogen and oxygen atoms in total. The van der Waals surface area contributed by atoms with Crippen molar-refractivity contribution in [2.45, 2.75) is 42.4 Å². The highest BCUT2D eigenvalue weighted by Gasteiger charge is 2.15. The summed E-state index contributed by atoms with van der Waals surface area (Å²) >= 11 is 4.17. The van der Waals surface area contributed by atoms with Gasteiger partial charge in [-0.2, -0.15) is 0 Å². The number of aryl methyl sites for hydroxylation is 1. The van der Waals surface area contributed by atoms with Crippen LogP contribution < -0.4 is 5.32 Å². The SMILES string of the molecule is CCN(CC)C(=O)CSc1nnc(SCC(=O)N[C@@H](C)c2ccccc2C)s1. The van der Waals surface area contributed by atoms with Crippen LogP contribution in [-0.2, 0) is 9.59 Å². The molecule has 2 aromatic rings. The summed E-state index contributed by atoms with van der Waals surface area (Å²) in [5.41, 5.74) is 2.28. The maximum atomic E-state index is 12.2. The lowest BCUT2D eigenvalue weighted by atomic mass is 10.0. The van der Waals surface area contributed by atoms with E-state index in [0.717, 1.165) is 19.8 Å². The molecule has 1 aromatic carbocycles. The third kappa shape index (κ3) is 6.79. The summed E-state index contributed by atoms with van der Waals surface area (Å²) in [7, 11) is 0. The van der Waals surface area contributed by atoms with Gasteiger partial charge in [0.25, 0.3) is 0 Å². The minimum absolute atomic E-state index is 0.0399. The predicted octanol–water partition coefficient (Wildman–Crippen LogP) is 3.78. The zero-order valence-corrected chi connectivity index (χ0v) is 19.0. The summed E-state index contributed by atoms with van der Waals surface area (Å²) in [6.45, 7) is 9.38. The number of nitrogens with one attached hydrogen (secondary N) is 1. The van der Waals surface area contributed by atoms with Crippen LogP contribution in [0.15, 0.2) is 32.9 Å². The van der Waals surface area contributed by atoms with Crippen molar-refractivity contribution in [3.8, 4) is 0 Å². The number of benzene rings is 1. The lowest BCUT2D eigenvalue weighted by Crippen LogP contribution is -2.31. The highest BCUT2D eigenvalue weighted by atomic mass is 32.2. The van der Waals surface area contributed by atoms with E-state index in [1.807, 2.05) is 52.0 Å². The molecule has 9 heteroatoms. The summed E-state index contributed by atoms with van der Waals surface area (Å²) in [5, 5.41) is 11.2. The van der Waals surface area contributed by atoms with Crippen LogP contribution in [0.1, 0.15) is 37.9 Å². The molecule has 0 fully saturated rings. The van der Waals surface area contributed by atoms with E-state index in [1.54, 1.807) is 4.90 Å². The number of carbonyl (C=O) groups excluding carboxylic acids is 2. The van der Waals surface area contributed by atoms with Gasteiger partial charge in [0.2, 0.25) is 11.8 Å². The molecule has 1 N–H and O–H groups in total. The van der Waals surface area contributed by atoms with Gasteiger partial charge in [-0.15, -0.1) is 10.2 Å². The molecule has 28 heavy (non-hydrogen) atoms. The summed E-state index contributed by atoms with van der Waals surface area (Å²) in [5.74, 6) is 0.703. The predicted molar refractivity (Wildman–Crippen MR) is 117 cm³/mol. The molecule has 0 saturated heterocycles. The minimum Gasteiger partial charge on any atom is -0.349 e. The summed E-state index contributed by atoms with van der Waals surface area (Å²) in [4.78, 5) is 26.1. The van der Waals surface area contributed by atoms with E-state index < -0.39 is 0 Å². The van der Waals surface area contributed by atoms with Gasteiger partial charge in [0.1, 0.15) is 0 Å². The molecule has 2 amide bonds. The minimum atomic E-state index is -0.0408. The zero-order valence-electron chi connectivity index (χ0n) is 16.6. The average molecular weight is 439 g/mol. The molecule has 0 spiro atoms. The van der Waals surface area contributed by atoms with Crippen LogP contribution in [-0.4, -0.2) is 51.5 Å². The maximum Gasteiger partial charge on any atom is 0.233 e. The molecule has 0 aliphatic heterocycles. The number of thioether (sulfide) groups is 2. The average Bonchev–Trinajstić information content (AvgIpc) is 3.14. The van der Waals surface area contributed by atoms with E-state index in [2.05, 4.69) is 15.5 Å². The smallest absolute Gasteiger partial charge is 0.233 e. The molecule has 1 aromatic heterocycles. The largest absolute Gasteiger partial charge is 0.349 e. The summed E-state index contributed by atoms with van der Waals surface area (Å²) < 4.78 is 1.48. The van der Waals surface area contributed by atoms with Crippen molar-refractivity contribution in [3.63, 3.8) is 0 Å². The lowest BCUT2D eigenvalue weighted by molar-refractivity contribution is -0.128. The Hall–Kier alpha value is -1.58. The Morgan fingerprint density at radius 2 is 1.71 bits per heavy atom. The molecule has 0 aliphatic carbocycles. The number of carbonyl (C=O) groups is 2. The fourth-order valence-corrected chi connectivity index (χ4v) is 5.40. The number of nitrogens with zero attached hydrogens (tertiary/aromatic N) is 3. The second-order valence-electron chi connectivity index (χ2n) is 6.12. The van der Waals surface area contributed by atoms with E-state index in [4.69, 9.17) is 0 Å². The standard InChI is InChI=1S/C19H26N4O2S3/c1-5-23(6-2)17(25)12-27-19-22-21-18(28-19)26-11-16(24)20-14(4)15-10-8-7-9-13(15)3/h7-10,14H,5-6,11-12H2,1-4H3,(H,20,24)/t14-/m0/s1. The first kappa shape index (κ1) is 22.7. The first-order chi connectivity index (χ1) is 13.4. The van der Waals surface area contributed by atoms with Crippen LogP contribution in [0.2, 0.25) is 0 Å². The van der Waals surface area contributed by atoms with Gasteiger partial charge in [0.05, 0.1) is 17.5 Å². The van der Waals surface area contributed by atoms with Crippen molar-refractivity contribution in [1.82, 2.24) is 20.4 Å². The second-order valence-corrected chi connectivity index (χ2v) is 9.55. The second kappa shape index (κ2) is 11.4. The fraction of sp³-hybridized carbons (Fsp3) is 0.474. The van der Waals surface area contributed by atoms with Crippen molar-refractivity contribution < 1.29 is 9.59 Å². The molecule has 0 bridgehead atoms. The first-order valence-electron chi connectivity index (χ1n) is 9.16. The lowest BCUT2D eigenvalue weighted by Gasteiger charge is -2.17. The monoisotopic (exact) mass is 438 g/mol. The van der Waals surface area contributed by atoms with E-state index in [1.165, 1.54) is 34.9 Å². The number of aromatic nitrogens is 2. The number of hydrogen-bond donors (Lipinski definition) is 1. The quantitative estimate of drug-likeness (QED) is 0.569. The van der Waals surface area contributed by atoms with Crippen LogP contribution in [0.4, 0.5) is 0 Å². The van der Waals surface area contributed by atoms with Crippen LogP contribution in [0, 0.1) is 6.92 Å². The molecular weight excluding hydrogens is 412 g/mol. The summed E-state index contributed by atoms with van der Waals surface area (Å²) in [6.07, 6.45) is 0. The third-order valence-corrected chi connectivity index (χ3v) is 7.36. The van der Waals surface area contributed by atoms with Gasteiger partial charge in [-0.25, -0.2) is 0 Å². The van der Waals surface area contributed by atoms with Crippen LogP contribution in [0.3, 0.4) is 0 Å². The zero-order chi connectivity index (χ0) is 20.5. The maximum absolute atomic E-state index is 12.2. The molecule has 152 valence electrons. The van der Waals surface area contributed by atoms with Crippen LogP contribution in [0.5, 0.6) is 0 Å². The van der Waals surface area contributed by atoms with Gasteiger partial charge >= 0.3 is 0 Å². The molecular formula is C19H26N4O2S3. The van der Waals surface area contributed by atoms with E-state index in [9.17, 15) is 9.59 Å². The van der Waals surface area contributed by atoms with Gasteiger partial charge in [-0.1, -0.05) is 59.1 Å². The van der Waals surface area contributed by atoms with Gasteiger partial charge in [-0.05, 0) is 38.8 Å². The van der Waals surface area contributed by atoms with Crippen LogP contribution in [0.25, 0.3) is 0 Å². The van der Waals surface area contributed by atoms with Crippen molar-refractivity contribution >= 4 is 46.7 Å². The Labute approximate surface area is 178 Å². The number of hydrogen-bond acceptors (Lipinski definition) is 7. The third-order valence-electron chi connectivity index (χ3n) is 4.18. The topological polar surface area (TPSA) is 75.2 Å². The van der Waals surface area contributed by atoms with Gasteiger partial charge in [0, 0.05) is 13.1 Å². The molecule has 2 rings (SSSR count). The van der Waals surface area contributed by atoms with Crippen molar-refractivity contribution in [2.24, 2.45) is 0 Å². The van der Waals surface area contributed by atoms with Crippen molar-refractivity contribution in [3.05, 3.63) is 35.4 Å². The normalized spacial score (nSPS) is 11.9. The van der Waals surface area contributed by atoms with Gasteiger partial charge < -0.3 is 10.2 Å². The van der Waals surface area contributed by atoms with Crippen molar-refractivity contribution in [1.29, 1.82) is 0 Å². The van der Waals surface area contributed by atoms with Crippen LogP contribution >= 0.6 is 34.9 Å². The Morgan fingerprint density at radius 1 is 1.11 bits per heavy atom. The van der Waals surface area contributed by atoms with Crippen molar-refractivity contribution in [2.75, 3.05) is 24.6 Å². The molecule has 0 aliphatic rings.